The Morgan fingerprint density at radius 2 is 0.725 bits per heavy atom. The Kier molecular flexibility index (Phi) is 47.8. The molecule has 2 amide bonds. The molecule has 18 heteroatoms. The van der Waals surface area contributed by atoms with E-state index in [9.17, 15) is 9.59 Å². The normalized spacial score (nSPS) is 11.7. The quantitative estimate of drug-likeness (QED) is 0.0595. The van der Waals surface area contributed by atoms with Gasteiger partial charge >= 0.3 is 0 Å². The van der Waals surface area contributed by atoms with Crippen molar-refractivity contribution < 1.29 is 75.9 Å². The second-order valence-corrected chi connectivity index (χ2v) is 19.8. The van der Waals surface area contributed by atoms with Gasteiger partial charge in [0.05, 0.1) is 112 Å². The molecule has 0 spiro atoms. The van der Waals surface area contributed by atoms with Crippen LogP contribution in [0.15, 0.2) is 30.3 Å². The molecular formula is C62H108N2O16. The maximum absolute atomic E-state index is 14.1. The number of unbranched alkanes of at least 4 members (excludes halogenated alkanes) is 18. The van der Waals surface area contributed by atoms with Crippen molar-refractivity contribution in [2.75, 3.05) is 153 Å². The summed E-state index contributed by atoms with van der Waals surface area (Å²) in [5, 5.41) is 5.88. The van der Waals surface area contributed by atoms with E-state index in [-0.39, 0.29) is 74.9 Å². The van der Waals surface area contributed by atoms with Crippen molar-refractivity contribution in [1.29, 1.82) is 0 Å². The first kappa shape index (κ1) is 72.1. The summed E-state index contributed by atoms with van der Waals surface area (Å²) in [6.45, 7) is 13.8. The number of hydrogen-bond donors (Lipinski definition) is 2. The van der Waals surface area contributed by atoms with Gasteiger partial charge in [0.25, 0.3) is 5.91 Å². The summed E-state index contributed by atoms with van der Waals surface area (Å²) in [4.78, 5) is 27.8. The minimum Gasteiger partial charge on any atom is -0.493 e. The summed E-state index contributed by atoms with van der Waals surface area (Å²) in [6, 6.07) is 8.07. The zero-order valence-corrected chi connectivity index (χ0v) is 50.5. The molecule has 2 aromatic carbocycles. The molecule has 0 saturated heterocycles. The molecule has 2 rings (SSSR count). The molecule has 18 nitrogen and oxygen atoms in total. The van der Waals surface area contributed by atoms with Gasteiger partial charge in [-0.15, -0.1) is 0 Å². The van der Waals surface area contributed by atoms with Gasteiger partial charge in [0, 0.05) is 39.5 Å². The first-order valence-corrected chi connectivity index (χ1v) is 30.3. The Bertz CT molecular complexity index is 1670. The Hall–Kier alpha value is -3.98. The van der Waals surface area contributed by atoms with Crippen LogP contribution in [0.4, 0.5) is 0 Å². The predicted molar refractivity (Wildman–Crippen MR) is 313 cm³/mol. The molecule has 0 aromatic heterocycles. The smallest absolute Gasteiger partial charge is 0.252 e. The van der Waals surface area contributed by atoms with Gasteiger partial charge in [0.15, 0.2) is 11.5 Å². The van der Waals surface area contributed by atoms with E-state index >= 15 is 0 Å². The number of carbonyl (C=O) groups excluding carboxylic acids is 2. The third-order valence-electron chi connectivity index (χ3n) is 12.8. The van der Waals surface area contributed by atoms with Crippen molar-refractivity contribution in [3.8, 4) is 28.7 Å². The first-order chi connectivity index (χ1) is 39.4. The summed E-state index contributed by atoms with van der Waals surface area (Å²) in [5.41, 5.74) is 1.02. The number of nitrogens with one attached hydrogen (secondary N) is 2. The largest absolute Gasteiger partial charge is 0.493 e. The highest BCUT2D eigenvalue weighted by molar-refractivity contribution is 5.98. The summed E-state index contributed by atoms with van der Waals surface area (Å²) in [5.74, 6) is 1.27. The molecule has 2 N–H and O–H groups in total. The lowest BCUT2D eigenvalue weighted by molar-refractivity contribution is -0.122. The van der Waals surface area contributed by atoms with E-state index < -0.39 is 11.9 Å². The van der Waals surface area contributed by atoms with Crippen LogP contribution in [-0.2, 0) is 54.0 Å². The van der Waals surface area contributed by atoms with E-state index in [1.807, 2.05) is 18.2 Å². The number of hydrogen-bond acceptors (Lipinski definition) is 16. The lowest BCUT2D eigenvalue weighted by Crippen LogP contribution is -2.44. The van der Waals surface area contributed by atoms with Crippen LogP contribution in [0.25, 0.3) is 0 Å². The molecule has 0 saturated carbocycles. The van der Waals surface area contributed by atoms with Crippen LogP contribution in [-0.4, -0.2) is 171 Å². The van der Waals surface area contributed by atoms with Crippen LogP contribution in [0.3, 0.4) is 0 Å². The minimum atomic E-state index is -0.912. The van der Waals surface area contributed by atoms with Gasteiger partial charge in [-0.2, -0.15) is 0 Å². The number of ether oxygens (including phenoxy) is 14. The standard InChI is InChI=1S/C62H108N2O16/c1-7-9-11-13-15-17-19-21-23-25-27-76-56-47-54(48-57(51-56)77-28-26-24-22-20-18-16-14-12-10-8-2)52-63-61(65)53(3)64-62(66)55-49-58(78-44-41-73-38-35-70-32-29-67-4)60(80-46-43-75-40-37-72-34-31-69-6)59(50-55)79-45-42-74-39-36-71-33-30-68-5/h47-51,53H,7-46,52H2,1-6H3,(H,63,65)(H,64,66)/t53-/m0/s1. The fraction of sp³-hybridized carbons (Fsp3) is 0.774. The summed E-state index contributed by atoms with van der Waals surface area (Å²) in [7, 11) is 4.86. The number of rotatable bonds is 59. The molecule has 0 aliphatic carbocycles. The van der Waals surface area contributed by atoms with Crippen LogP contribution < -0.4 is 34.3 Å². The van der Waals surface area contributed by atoms with Crippen molar-refractivity contribution >= 4 is 11.8 Å². The summed E-state index contributed by atoms with van der Waals surface area (Å²) < 4.78 is 80.1. The minimum absolute atomic E-state index is 0.122. The van der Waals surface area contributed by atoms with Crippen molar-refractivity contribution in [3.05, 3.63) is 41.5 Å². The van der Waals surface area contributed by atoms with Gasteiger partial charge in [0.1, 0.15) is 37.4 Å². The van der Waals surface area contributed by atoms with Crippen LogP contribution in [0.1, 0.15) is 165 Å². The predicted octanol–water partition coefficient (Wildman–Crippen LogP) is 10.9. The molecule has 0 aliphatic rings. The maximum Gasteiger partial charge on any atom is 0.252 e. The van der Waals surface area contributed by atoms with Gasteiger partial charge in [0.2, 0.25) is 11.7 Å². The van der Waals surface area contributed by atoms with Crippen molar-refractivity contribution in [2.45, 2.75) is 162 Å². The van der Waals surface area contributed by atoms with Gasteiger partial charge in [-0.3, -0.25) is 9.59 Å². The van der Waals surface area contributed by atoms with Crippen molar-refractivity contribution in [2.24, 2.45) is 0 Å². The Morgan fingerprint density at radius 1 is 0.388 bits per heavy atom. The van der Waals surface area contributed by atoms with Crippen LogP contribution in [0.5, 0.6) is 28.7 Å². The number of amides is 2. The van der Waals surface area contributed by atoms with Gasteiger partial charge in [-0.1, -0.05) is 129 Å². The molecule has 2 aromatic rings. The lowest BCUT2D eigenvalue weighted by Gasteiger charge is -2.20. The Labute approximate surface area is 482 Å². The van der Waals surface area contributed by atoms with Crippen molar-refractivity contribution in [3.63, 3.8) is 0 Å². The number of carbonyl (C=O) groups is 2. The Morgan fingerprint density at radius 3 is 1.10 bits per heavy atom. The third-order valence-corrected chi connectivity index (χ3v) is 12.8. The summed E-state index contributed by atoms with van der Waals surface area (Å²) >= 11 is 0. The highest BCUT2D eigenvalue weighted by Crippen LogP contribution is 2.39. The van der Waals surface area contributed by atoms with Crippen LogP contribution in [0, 0.1) is 0 Å². The maximum atomic E-state index is 14.1. The van der Waals surface area contributed by atoms with E-state index in [2.05, 4.69) is 24.5 Å². The molecule has 80 heavy (non-hydrogen) atoms. The topological polar surface area (TPSA) is 187 Å². The molecule has 0 unspecified atom stereocenters. The van der Waals surface area contributed by atoms with Gasteiger partial charge in [-0.05, 0) is 49.6 Å². The zero-order valence-electron chi connectivity index (χ0n) is 50.5. The molecule has 462 valence electrons. The monoisotopic (exact) mass is 1140 g/mol. The molecule has 1 atom stereocenters. The molecule has 0 bridgehead atoms. The Balaban J connectivity index is 2.19. The highest BCUT2D eigenvalue weighted by Gasteiger charge is 2.23. The molecule has 0 aliphatic heterocycles. The average Bonchev–Trinajstić information content (AvgIpc) is 3.46. The zero-order chi connectivity index (χ0) is 57.6. The van der Waals surface area contributed by atoms with E-state index in [4.69, 9.17) is 66.3 Å². The van der Waals surface area contributed by atoms with E-state index in [1.54, 1.807) is 40.4 Å². The van der Waals surface area contributed by atoms with E-state index in [0.717, 1.165) is 31.2 Å². The van der Waals surface area contributed by atoms with Crippen molar-refractivity contribution in [1.82, 2.24) is 10.6 Å². The third kappa shape index (κ3) is 39.5. The second-order valence-electron chi connectivity index (χ2n) is 19.8. The van der Waals surface area contributed by atoms with E-state index in [0.29, 0.717) is 104 Å². The van der Waals surface area contributed by atoms with Crippen LogP contribution >= 0.6 is 0 Å². The number of benzene rings is 2. The lowest BCUT2D eigenvalue weighted by atomic mass is 10.1. The summed E-state index contributed by atoms with van der Waals surface area (Å²) in [6.07, 6.45) is 25.0. The second kappa shape index (κ2) is 53.1. The fourth-order valence-electron chi connectivity index (χ4n) is 8.23. The average molecular weight is 1140 g/mol. The van der Waals surface area contributed by atoms with Crippen LogP contribution in [0.2, 0.25) is 0 Å². The van der Waals surface area contributed by atoms with Gasteiger partial charge < -0.3 is 76.9 Å². The molecule has 0 fully saturated rings. The van der Waals surface area contributed by atoms with Gasteiger partial charge in [-0.25, -0.2) is 0 Å². The molecule has 0 radical (unpaired) electrons. The van der Waals surface area contributed by atoms with E-state index in [1.165, 1.54) is 103 Å². The SMILES string of the molecule is CCCCCCCCCCCCOc1cc(CNC(=O)[C@H](C)NC(=O)c2cc(OCCOCCOCCOC)c(OCCOCCOCCOC)c(OCCOCCOCCOC)c2)cc(OCCCCCCCCCCCC)c1. The number of methoxy groups -OCH3 is 3. The fourth-order valence-corrected chi connectivity index (χ4v) is 8.23. The molecule has 0 heterocycles. The molecular weight excluding hydrogens is 1030 g/mol. The highest BCUT2D eigenvalue weighted by atomic mass is 16.6. The first-order valence-electron chi connectivity index (χ1n) is 30.3.